The van der Waals surface area contributed by atoms with Crippen LogP contribution in [-0.2, 0) is 6.54 Å². The van der Waals surface area contributed by atoms with Gasteiger partial charge < -0.3 is 20.5 Å². The van der Waals surface area contributed by atoms with Gasteiger partial charge in [0.1, 0.15) is 0 Å². The number of hydrogen-bond acceptors (Lipinski definition) is 4. The first-order valence-corrected chi connectivity index (χ1v) is 6.81. The van der Waals surface area contributed by atoms with Gasteiger partial charge in [-0.05, 0) is 25.1 Å². The van der Waals surface area contributed by atoms with E-state index in [0.29, 0.717) is 11.3 Å². The Morgan fingerprint density at radius 2 is 2.24 bits per heavy atom. The number of benzene rings is 1. The van der Waals surface area contributed by atoms with E-state index in [1.807, 2.05) is 16.8 Å². The molecule has 0 aliphatic carbocycles. The molecule has 0 radical (unpaired) electrons. The van der Waals surface area contributed by atoms with Crippen LogP contribution >= 0.6 is 0 Å². The van der Waals surface area contributed by atoms with Crippen LogP contribution in [0.1, 0.15) is 17.3 Å². The molecule has 0 saturated carbocycles. The lowest BCUT2D eigenvalue weighted by Gasteiger charge is -2.18. The highest BCUT2D eigenvalue weighted by atomic mass is 16.2. The van der Waals surface area contributed by atoms with E-state index in [0.717, 1.165) is 12.2 Å². The highest BCUT2D eigenvalue weighted by molar-refractivity contribution is 5.95. The summed E-state index contributed by atoms with van der Waals surface area (Å²) in [4.78, 5) is 17.4. The molecule has 0 saturated heterocycles. The average Bonchev–Trinajstić information content (AvgIpc) is 2.92. The van der Waals surface area contributed by atoms with Gasteiger partial charge in [-0.1, -0.05) is 0 Å². The first kappa shape index (κ1) is 14.9. The quantitative estimate of drug-likeness (QED) is 0.820. The van der Waals surface area contributed by atoms with Gasteiger partial charge in [-0.15, -0.1) is 0 Å². The Hall–Kier alpha value is -2.50. The minimum absolute atomic E-state index is 0.0558. The molecule has 21 heavy (non-hydrogen) atoms. The highest BCUT2D eigenvalue weighted by Gasteiger charge is 2.11. The number of nitrogens with zero attached hydrogens (tertiary/aromatic N) is 3. The van der Waals surface area contributed by atoms with E-state index in [2.05, 4.69) is 17.2 Å². The number of nitrogens with one attached hydrogen (secondary N) is 1. The fourth-order valence-electron chi connectivity index (χ4n) is 2.11. The summed E-state index contributed by atoms with van der Waals surface area (Å²) in [6.45, 7) is 2.86. The van der Waals surface area contributed by atoms with E-state index in [9.17, 15) is 4.79 Å². The Morgan fingerprint density at radius 3 is 2.81 bits per heavy atom. The fourth-order valence-corrected chi connectivity index (χ4v) is 2.11. The van der Waals surface area contributed by atoms with Crippen molar-refractivity contribution in [2.75, 3.05) is 25.1 Å². The second-order valence-electron chi connectivity index (χ2n) is 5.31. The summed E-state index contributed by atoms with van der Waals surface area (Å²) < 4.78 is 2.00. The minimum atomic E-state index is -0.0558. The van der Waals surface area contributed by atoms with Crippen molar-refractivity contribution in [2.45, 2.75) is 19.5 Å². The standard InChI is InChI=1S/C15H21N5O/c1-11(9-20-7-6-17-10-20)18-14-5-4-12(8-13(14)16)15(21)19(2)3/h4-8,10-11,18H,9,16H2,1-3H3. The number of amides is 1. The van der Waals surface area contributed by atoms with E-state index in [4.69, 9.17) is 5.73 Å². The average molecular weight is 287 g/mol. The molecule has 1 unspecified atom stereocenters. The summed E-state index contributed by atoms with van der Waals surface area (Å²) in [6, 6.07) is 5.52. The van der Waals surface area contributed by atoms with Gasteiger partial charge in [0.2, 0.25) is 0 Å². The summed E-state index contributed by atoms with van der Waals surface area (Å²) in [7, 11) is 3.44. The van der Waals surface area contributed by atoms with E-state index in [1.54, 1.807) is 38.8 Å². The largest absolute Gasteiger partial charge is 0.397 e. The van der Waals surface area contributed by atoms with Crippen molar-refractivity contribution in [3.8, 4) is 0 Å². The Labute approximate surface area is 124 Å². The molecule has 6 nitrogen and oxygen atoms in total. The van der Waals surface area contributed by atoms with Crippen molar-refractivity contribution in [3.05, 3.63) is 42.5 Å². The van der Waals surface area contributed by atoms with Gasteiger partial charge in [-0.25, -0.2) is 4.98 Å². The zero-order valence-electron chi connectivity index (χ0n) is 12.6. The molecule has 0 bridgehead atoms. The molecular weight excluding hydrogens is 266 g/mol. The Balaban J connectivity index is 2.05. The lowest BCUT2D eigenvalue weighted by Crippen LogP contribution is -2.23. The molecule has 0 aliphatic heterocycles. The molecule has 1 heterocycles. The smallest absolute Gasteiger partial charge is 0.253 e. The van der Waals surface area contributed by atoms with Crippen molar-refractivity contribution in [1.82, 2.24) is 14.5 Å². The van der Waals surface area contributed by atoms with Crippen molar-refractivity contribution >= 4 is 17.3 Å². The Bertz CT molecular complexity index is 607. The molecule has 0 spiro atoms. The van der Waals surface area contributed by atoms with Gasteiger partial charge in [0.05, 0.1) is 17.7 Å². The second kappa shape index (κ2) is 6.30. The van der Waals surface area contributed by atoms with Gasteiger partial charge in [-0.2, -0.15) is 0 Å². The van der Waals surface area contributed by atoms with Gasteiger partial charge in [0.25, 0.3) is 5.91 Å². The summed E-state index contributed by atoms with van der Waals surface area (Å²) in [5, 5.41) is 3.35. The molecule has 3 N–H and O–H groups in total. The second-order valence-corrected chi connectivity index (χ2v) is 5.31. The number of nitrogens with two attached hydrogens (primary N) is 1. The number of carbonyl (C=O) groups is 1. The lowest BCUT2D eigenvalue weighted by molar-refractivity contribution is 0.0827. The maximum absolute atomic E-state index is 11.9. The monoisotopic (exact) mass is 287 g/mol. The molecule has 112 valence electrons. The normalized spacial score (nSPS) is 12.0. The molecule has 1 amide bonds. The van der Waals surface area contributed by atoms with Gasteiger partial charge >= 0.3 is 0 Å². The lowest BCUT2D eigenvalue weighted by atomic mass is 10.1. The number of carbonyl (C=O) groups excluding carboxylic acids is 1. The molecule has 2 aromatic rings. The number of hydrogen-bond donors (Lipinski definition) is 2. The summed E-state index contributed by atoms with van der Waals surface area (Å²) in [5.74, 6) is -0.0558. The van der Waals surface area contributed by atoms with E-state index < -0.39 is 0 Å². The predicted octanol–water partition coefficient (Wildman–Crippen LogP) is 1.67. The SMILES string of the molecule is CC(Cn1ccnc1)Nc1ccc(C(=O)N(C)C)cc1N. The summed E-state index contributed by atoms with van der Waals surface area (Å²) in [6.07, 6.45) is 5.45. The fraction of sp³-hybridized carbons (Fsp3) is 0.333. The van der Waals surface area contributed by atoms with Gasteiger partial charge in [0.15, 0.2) is 0 Å². The molecule has 6 heteroatoms. The van der Waals surface area contributed by atoms with Crippen LogP contribution in [0.3, 0.4) is 0 Å². The minimum Gasteiger partial charge on any atom is -0.397 e. The molecule has 0 fully saturated rings. The maximum Gasteiger partial charge on any atom is 0.253 e. The Morgan fingerprint density at radius 1 is 1.48 bits per heavy atom. The molecule has 1 aromatic carbocycles. The van der Waals surface area contributed by atoms with E-state index in [1.165, 1.54) is 4.90 Å². The predicted molar refractivity (Wildman–Crippen MR) is 84.2 cm³/mol. The highest BCUT2D eigenvalue weighted by Crippen LogP contribution is 2.21. The van der Waals surface area contributed by atoms with Crippen LogP contribution in [0, 0.1) is 0 Å². The van der Waals surface area contributed by atoms with Crippen LogP contribution in [0.2, 0.25) is 0 Å². The van der Waals surface area contributed by atoms with E-state index >= 15 is 0 Å². The topological polar surface area (TPSA) is 76.2 Å². The maximum atomic E-state index is 11.9. The Kier molecular flexibility index (Phi) is 4.47. The van der Waals surface area contributed by atoms with Crippen LogP contribution in [0.25, 0.3) is 0 Å². The number of aromatic nitrogens is 2. The van der Waals surface area contributed by atoms with Crippen molar-refractivity contribution in [3.63, 3.8) is 0 Å². The van der Waals surface area contributed by atoms with Crippen molar-refractivity contribution in [1.29, 1.82) is 0 Å². The van der Waals surface area contributed by atoms with Crippen molar-refractivity contribution in [2.24, 2.45) is 0 Å². The number of imidazole rings is 1. The molecule has 1 aromatic heterocycles. The van der Waals surface area contributed by atoms with E-state index in [-0.39, 0.29) is 11.9 Å². The first-order valence-electron chi connectivity index (χ1n) is 6.81. The third kappa shape index (κ3) is 3.75. The zero-order chi connectivity index (χ0) is 15.4. The summed E-state index contributed by atoms with van der Waals surface area (Å²) in [5.41, 5.74) is 8.02. The third-order valence-electron chi connectivity index (χ3n) is 3.15. The van der Waals surface area contributed by atoms with Crippen LogP contribution in [0.5, 0.6) is 0 Å². The zero-order valence-corrected chi connectivity index (χ0v) is 12.6. The number of nitrogen functional groups attached to an aromatic ring is 1. The van der Waals surface area contributed by atoms with Crippen LogP contribution in [-0.4, -0.2) is 40.5 Å². The van der Waals surface area contributed by atoms with Crippen LogP contribution in [0.4, 0.5) is 11.4 Å². The molecular formula is C15H21N5O. The third-order valence-corrected chi connectivity index (χ3v) is 3.15. The molecule has 2 rings (SSSR count). The van der Waals surface area contributed by atoms with Gasteiger partial charge in [-0.3, -0.25) is 4.79 Å². The van der Waals surface area contributed by atoms with Gasteiger partial charge in [0, 0.05) is 44.6 Å². The number of anilines is 2. The summed E-state index contributed by atoms with van der Waals surface area (Å²) >= 11 is 0. The molecule has 0 aliphatic rings. The first-order chi connectivity index (χ1) is 9.97. The molecule has 1 atom stereocenters. The van der Waals surface area contributed by atoms with Crippen LogP contribution < -0.4 is 11.1 Å². The number of rotatable bonds is 5. The van der Waals surface area contributed by atoms with Crippen molar-refractivity contribution < 1.29 is 4.79 Å². The van der Waals surface area contributed by atoms with Crippen LogP contribution in [0.15, 0.2) is 36.9 Å².